The number of halogens is 3. The smallest absolute Gasteiger partial charge is 0.208 e. The molecule has 1 atom stereocenters. The molecule has 0 saturated carbocycles. The van der Waals surface area contributed by atoms with E-state index in [2.05, 4.69) is 0 Å². The van der Waals surface area contributed by atoms with Gasteiger partial charge in [-0.25, -0.2) is 4.39 Å². The summed E-state index contributed by atoms with van der Waals surface area (Å²) in [5.74, 6) is -2.42. The Morgan fingerprint density at radius 1 is 1.40 bits per heavy atom. The molecule has 3 nitrogen and oxygen atoms in total. The topological polar surface area (TPSA) is 31.2 Å². The van der Waals surface area contributed by atoms with Crippen LogP contribution in [0.15, 0.2) is 17.1 Å². The van der Waals surface area contributed by atoms with Crippen molar-refractivity contribution in [2.75, 3.05) is 6.61 Å². The molecule has 0 amide bonds. The van der Waals surface area contributed by atoms with Gasteiger partial charge in [-0.3, -0.25) is 4.79 Å². The minimum absolute atomic E-state index is 0.0202. The Morgan fingerprint density at radius 3 is 2.70 bits per heavy atom. The summed E-state index contributed by atoms with van der Waals surface area (Å²) in [5, 5.41) is 0.0103. The lowest BCUT2D eigenvalue weighted by molar-refractivity contribution is 0.233. The predicted octanol–water partition coefficient (Wildman–Crippen LogP) is 3.91. The average molecular weight is 302 g/mol. The normalized spacial score (nSPS) is 16.4. The second kappa shape index (κ2) is 5.40. The first kappa shape index (κ1) is 14.8. The second-order valence-corrected chi connectivity index (χ2v) is 4.68. The van der Waals surface area contributed by atoms with Crippen molar-refractivity contribution in [3.63, 3.8) is 0 Å². The number of hydrogen-bond acceptors (Lipinski definition) is 2. The molecule has 0 fully saturated rings. The van der Waals surface area contributed by atoms with Gasteiger partial charge in [0.1, 0.15) is 11.6 Å². The molecule has 1 aromatic heterocycles. The summed E-state index contributed by atoms with van der Waals surface area (Å²) < 4.78 is 33.9. The van der Waals surface area contributed by atoms with Crippen LogP contribution >= 0.6 is 11.6 Å². The Morgan fingerprint density at radius 2 is 2.05 bits per heavy atom. The first-order valence-electron chi connectivity index (χ1n) is 6.36. The Hall–Kier alpha value is -1.62. The molecule has 1 aromatic carbocycles. The Labute approximate surface area is 119 Å². The van der Waals surface area contributed by atoms with Gasteiger partial charge in [0, 0.05) is 6.20 Å². The van der Waals surface area contributed by atoms with Gasteiger partial charge in [0.25, 0.3) is 0 Å². The molecule has 1 aliphatic rings. The van der Waals surface area contributed by atoms with Gasteiger partial charge in [-0.2, -0.15) is 4.39 Å². The molecule has 0 bridgehead atoms. The van der Waals surface area contributed by atoms with Crippen LogP contribution in [0.4, 0.5) is 8.78 Å². The minimum atomic E-state index is -1.11. The second-order valence-electron chi connectivity index (χ2n) is 4.27. The van der Waals surface area contributed by atoms with Gasteiger partial charge in [0.05, 0.1) is 16.9 Å². The largest absolute Gasteiger partial charge is 0.486 e. The molecule has 6 heteroatoms. The van der Waals surface area contributed by atoms with Crippen LogP contribution in [-0.2, 0) is 0 Å². The lowest BCUT2D eigenvalue weighted by Crippen LogP contribution is -2.24. The number of aromatic nitrogens is 1. The van der Waals surface area contributed by atoms with Gasteiger partial charge in [-0.15, -0.1) is 0 Å². The van der Waals surface area contributed by atoms with E-state index in [1.807, 2.05) is 20.8 Å². The van der Waals surface area contributed by atoms with Crippen molar-refractivity contribution >= 4 is 22.5 Å². The maximum Gasteiger partial charge on any atom is 0.208 e. The van der Waals surface area contributed by atoms with Crippen molar-refractivity contribution in [2.24, 2.45) is 0 Å². The van der Waals surface area contributed by atoms with Crippen molar-refractivity contribution in [3.05, 3.63) is 39.1 Å². The molecule has 0 radical (unpaired) electrons. The number of benzene rings is 1. The molecule has 3 rings (SSSR count). The maximum absolute atomic E-state index is 13.7. The third kappa shape index (κ3) is 2.06. The summed E-state index contributed by atoms with van der Waals surface area (Å²) >= 11 is 5.82. The third-order valence-electron chi connectivity index (χ3n) is 3.07. The highest BCUT2D eigenvalue weighted by molar-refractivity contribution is 6.31. The zero-order chi connectivity index (χ0) is 15.0. The van der Waals surface area contributed by atoms with Gasteiger partial charge in [0.15, 0.2) is 11.6 Å². The van der Waals surface area contributed by atoms with Crippen LogP contribution in [0.5, 0.6) is 5.75 Å². The summed E-state index contributed by atoms with van der Waals surface area (Å²) in [7, 11) is 0. The first-order chi connectivity index (χ1) is 9.50. The zero-order valence-electron chi connectivity index (χ0n) is 11.3. The van der Waals surface area contributed by atoms with Crippen LogP contribution < -0.4 is 10.2 Å². The Kier molecular flexibility index (Phi) is 3.99. The van der Waals surface area contributed by atoms with Crippen LogP contribution in [0.3, 0.4) is 0 Å². The molecular weight excluding hydrogens is 288 g/mol. The molecule has 1 unspecified atom stereocenters. The SMILES string of the molecule is CC.CC1COc2c(F)c(F)cc3c(=O)c(Cl)cn1c23. The Balaban J connectivity index is 0.000000704. The number of ether oxygens (including phenoxy) is 1. The number of pyridine rings is 1. The van der Waals surface area contributed by atoms with E-state index in [0.29, 0.717) is 0 Å². The summed E-state index contributed by atoms with van der Waals surface area (Å²) in [6.45, 7) is 6.03. The van der Waals surface area contributed by atoms with E-state index in [0.717, 1.165) is 6.07 Å². The van der Waals surface area contributed by atoms with Crippen molar-refractivity contribution in [1.29, 1.82) is 0 Å². The van der Waals surface area contributed by atoms with Crippen LogP contribution in [0.25, 0.3) is 10.9 Å². The van der Waals surface area contributed by atoms with Crippen LogP contribution in [0, 0.1) is 11.6 Å². The van der Waals surface area contributed by atoms with Crippen molar-refractivity contribution in [2.45, 2.75) is 26.8 Å². The standard InChI is InChI=1S/C12H8ClF2NO2.C2H6/c1-5-4-18-12-9(15)8(14)2-6-10(12)16(5)3-7(13)11(6)17;1-2/h2-3,5H,4H2,1H3;1-2H3. The zero-order valence-corrected chi connectivity index (χ0v) is 12.1. The summed E-state index contributed by atoms with van der Waals surface area (Å²) in [4.78, 5) is 11.9. The molecule has 0 saturated heterocycles. The summed E-state index contributed by atoms with van der Waals surface area (Å²) in [6, 6.07) is 0.753. The van der Waals surface area contributed by atoms with Gasteiger partial charge in [-0.05, 0) is 13.0 Å². The third-order valence-corrected chi connectivity index (χ3v) is 3.34. The predicted molar refractivity (Wildman–Crippen MR) is 74.7 cm³/mol. The highest BCUT2D eigenvalue weighted by Gasteiger charge is 2.26. The molecule has 2 aromatic rings. The van der Waals surface area contributed by atoms with E-state index in [9.17, 15) is 13.6 Å². The molecule has 108 valence electrons. The van der Waals surface area contributed by atoms with E-state index in [1.165, 1.54) is 6.20 Å². The quantitative estimate of drug-likeness (QED) is 0.738. The monoisotopic (exact) mass is 301 g/mol. The highest BCUT2D eigenvalue weighted by Crippen LogP contribution is 2.35. The molecule has 0 aliphatic carbocycles. The average Bonchev–Trinajstić information content (AvgIpc) is 2.45. The van der Waals surface area contributed by atoms with Crippen LogP contribution in [0.2, 0.25) is 5.02 Å². The van der Waals surface area contributed by atoms with E-state index < -0.39 is 17.1 Å². The maximum atomic E-state index is 13.7. The fourth-order valence-electron chi connectivity index (χ4n) is 2.16. The van der Waals surface area contributed by atoms with Gasteiger partial charge in [-0.1, -0.05) is 25.4 Å². The molecule has 20 heavy (non-hydrogen) atoms. The highest BCUT2D eigenvalue weighted by atomic mass is 35.5. The van der Waals surface area contributed by atoms with Crippen molar-refractivity contribution < 1.29 is 13.5 Å². The van der Waals surface area contributed by atoms with Gasteiger partial charge < -0.3 is 9.30 Å². The number of nitrogens with zero attached hydrogens (tertiary/aromatic N) is 1. The van der Waals surface area contributed by atoms with E-state index in [4.69, 9.17) is 16.3 Å². The molecule has 1 aliphatic heterocycles. The number of hydrogen-bond donors (Lipinski definition) is 0. The molecule has 2 heterocycles. The van der Waals surface area contributed by atoms with Crippen molar-refractivity contribution in [3.8, 4) is 5.75 Å². The minimum Gasteiger partial charge on any atom is -0.486 e. The first-order valence-corrected chi connectivity index (χ1v) is 6.73. The lowest BCUT2D eigenvalue weighted by Gasteiger charge is -2.26. The van der Waals surface area contributed by atoms with Gasteiger partial charge >= 0.3 is 0 Å². The fraction of sp³-hybridized carbons (Fsp3) is 0.357. The summed E-state index contributed by atoms with van der Waals surface area (Å²) in [6.07, 6.45) is 1.43. The number of rotatable bonds is 0. The van der Waals surface area contributed by atoms with E-state index >= 15 is 0 Å². The van der Waals surface area contributed by atoms with Crippen molar-refractivity contribution in [1.82, 2.24) is 4.57 Å². The van der Waals surface area contributed by atoms with E-state index in [-0.39, 0.29) is 34.3 Å². The van der Waals surface area contributed by atoms with E-state index in [1.54, 1.807) is 4.57 Å². The molecular formula is C14H14ClF2NO2. The molecule has 0 spiro atoms. The molecule has 0 N–H and O–H groups in total. The van der Waals surface area contributed by atoms with Gasteiger partial charge in [0.2, 0.25) is 11.2 Å². The summed E-state index contributed by atoms with van der Waals surface area (Å²) in [5.41, 5.74) is -0.275. The van der Waals surface area contributed by atoms with Crippen LogP contribution in [0.1, 0.15) is 26.8 Å². The fourth-order valence-corrected chi connectivity index (χ4v) is 2.37. The lowest BCUT2D eigenvalue weighted by atomic mass is 10.1. The van der Waals surface area contributed by atoms with Crippen LogP contribution in [-0.4, -0.2) is 11.2 Å². The Bertz CT molecular complexity index is 727.